The minimum absolute atomic E-state index is 0.236. The molecule has 2 atom stereocenters. The summed E-state index contributed by atoms with van der Waals surface area (Å²) in [6, 6.07) is 0. The average Bonchev–Trinajstić information content (AvgIpc) is 1.97. The first kappa shape index (κ1) is 8.30. The van der Waals surface area contributed by atoms with Crippen LogP contribution in [0.15, 0.2) is 23.6 Å². The topological polar surface area (TPSA) is 0 Å². The Morgan fingerprint density at radius 3 is 2.36 bits per heavy atom. The van der Waals surface area contributed by atoms with Crippen molar-refractivity contribution in [2.75, 3.05) is 0 Å². The van der Waals surface area contributed by atoms with Gasteiger partial charge in [0.2, 0.25) is 0 Å². The summed E-state index contributed by atoms with van der Waals surface area (Å²) in [6.07, 6.45) is -1.81. The molecule has 0 nitrogen and oxygen atoms in total. The lowest BCUT2D eigenvalue weighted by atomic mass is 9.98. The van der Waals surface area contributed by atoms with Crippen molar-refractivity contribution in [2.24, 2.45) is 5.92 Å². The summed E-state index contributed by atoms with van der Waals surface area (Å²) < 4.78 is 49.5. The van der Waals surface area contributed by atoms with Crippen molar-refractivity contribution in [3.05, 3.63) is 23.6 Å². The molecule has 2 unspecified atom stereocenters. The van der Waals surface area contributed by atoms with Crippen molar-refractivity contribution in [3.63, 3.8) is 0 Å². The van der Waals surface area contributed by atoms with E-state index in [2.05, 4.69) is 0 Å². The fourth-order valence-electron chi connectivity index (χ4n) is 0.854. The maximum Gasteiger partial charge on any atom is 0.160 e. The molecule has 0 spiro atoms. The van der Waals surface area contributed by atoms with Crippen molar-refractivity contribution in [1.29, 1.82) is 0 Å². The fourth-order valence-corrected chi connectivity index (χ4v) is 0.854. The highest BCUT2D eigenvalue weighted by Crippen LogP contribution is 2.33. The molecule has 0 aromatic carbocycles. The first-order valence-electron chi connectivity index (χ1n) is 3.10. The maximum absolute atomic E-state index is 12.5. The molecule has 62 valence electrons. The first-order valence-corrected chi connectivity index (χ1v) is 3.10. The number of hydrogen-bond donors (Lipinski definition) is 0. The molecule has 0 heterocycles. The maximum atomic E-state index is 12.5. The van der Waals surface area contributed by atoms with Crippen LogP contribution in [0.25, 0.3) is 0 Å². The van der Waals surface area contributed by atoms with E-state index in [0.717, 1.165) is 6.92 Å². The van der Waals surface area contributed by atoms with Gasteiger partial charge in [-0.15, -0.1) is 0 Å². The van der Waals surface area contributed by atoms with E-state index >= 15 is 0 Å². The zero-order valence-electron chi connectivity index (χ0n) is 5.74. The Morgan fingerprint density at radius 1 is 1.27 bits per heavy atom. The monoisotopic (exact) mass is 166 g/mol. The van der Waals surface area contributed by atoms with Crippen molar-refractivity contribution >= 4 is 0 Å². The predicted molar refractivity (Wildman–Crippen MR) is 32.5 cm³/mol. The van der Waals surface area contributed by atoms with Crippen LogP contribution in [-0.4, -0.2) is 6.17 Å². The molecule has 0 aliphatic heterocycles. The van der Waals surface area contributed by atoms with Gasteiger partial charge in [0, 0.05) is 12.0 Å². The molecule has 0 saturated carbocycles. The molecule has 0 aromatic heterocycles. The Kier molecular flexibility index (Phi) is 2.02. The SMILES string of the molecule is CC1C(F)=C(F)C=C(F)C1F. The quantitative estimate of drug-likeness (QED) is 0.485. The molecule has 0 bridgehead atoms. The van der Waals surface area contributed by atoms with Crippen molar-refractivity contribution in [2.45, 2.75) is 13.1 Å². The van der Waals surface area contributed by atoms with E-state index in [1.807, 2.05) is 0 Å². The Morgan fingerprint density at radius 2 is 1.82 bits per heavy atom. The van der Waals surface area contributed by atoms with Gasteiger partial charge < -0.3 is 0 Å². The molecule has 0 amide bonds. The van der Waals surface area contributed by atoms with Crippen LogP contribution in [0.2, 0.25) is 0 Å². The number of alkyl halides is 1. The minimum atomic E-state index is -2.05. The van der Waals surface area contributed by atoms with E-state index < -0.39 is 29.6 Å². The van der Waals surface area contributed by atoms with Crippen LogP contribution in [0.5, 0.6) is 0 Å². The average molecular weight is 166 g/mol. The van der Waals surface area contributed by atoms with E-state index in [-0.39, 0.29) is 6.08 Å². The number of hydrogen-bond acceptors (Lipinski definition) is 0. The third kappa shape index (κ3) is 1.29. The van der Waals surface area contributed by atoms with Gasteiger partial charge in [-0.1, -0.05) is 6.92 Å². The molecular weight excluding hydrogens is 160 g/mol. The highest BCUT2D eigenvalue weighted by Gasteiger charge is 2.31. The fraction of sp³-hybridized carbons (Fsp3) is 0.429. The van der Waals surface area contributed by atoms with Crippen LogP contribution in [0, 0.1) is 5.92 Å². The molecule has 0 N–H and O–H groups in total. The van der Waals surface area contributed by atoms with Crippen molar-refractivity contribution < 1.29 is 17.6 Å². The van der Waals surface area contributed by atoms with Gasteiger partial charge in [-0.3, -0.25) is 0 Å². The second-order valence-electron chi connectivity index (χ2n) is 2.42. The van der Waals surface area contributed by atoms with Crippen LogP contribution >= 0.6 is 0 Å². The predicted octanol–water partition coefficient (Wildman–Crippen LogP) is 2.98. The van der Waals surface area contributed by atoms with E-state index in [4.69, 9.17) is 0 Å². The molecule has 0 fully saturated rings. The van der Waals surface area contributed by atoms with Gasteiger partial charge in [-0.25, -0.2) is 17.6 Å². The van der Waals surface area contributed by atoms with E-state index in [1.165, 1.54) is 0 Å². The molecule has 4 heteroatoms. The second-order valence-corrected chi connectivity index (χ2v) is 2.42. The number of allylic oxidation sites excluding steroid dienone is 4. The lowest BCUT2D eigenvalue weighted by molar-refractivity contribution is 0.231. The molecular formula is C7H6F4. The Balaban J connectivity index is 3.01. The summed E-state index contributed by atoms with van der Waals surface area (Å²) >= 11 is 0. The summed E-state index contributed by atoms with van der Waals surface area (Å²) in [6.45, 7) is 1.09. The number of halogens is 4. The summed E-state index contributed by atoms with van der Waals surface area (Å²) in [5.74, 6) is -5.14. The summed E-state index contributed by atoms with van der Waals surface area (Å²) in [7, 11) is 0. The molecule has 0 radical (unpaired) electrons. The Hall–Kier alpha value is -0.800. The van der Waals surface area contributed by atoms with Gasteiger partial charge in [-0.2, -0.15) is 0 Å². The van der Waals surface area contributed by atoms with Gasteiger partial charge in [0.25, 0.3) is 0 Å². The van der Waals surface area contributed by atoms with Crippen LogP contribution in [0.1, 0.15) is 6.92 Å². The summed E-state index contributed by atoms with van der Waals surface area (Å²) in [4.78, 5) is 0. The van der Waals surface area contributed by atoms with Gasteiger partial charge in [0.15, 0.2) is 12.0 Å². The second kappa shape index (κ2) is 2.68. The standard InChI is InChI=1S/C7H6F4/c1-3-6(10)4(8)2-5(9)7(3)11/h2-3,6H,1H3. The third-order valence-corrected chi connectivity index (χ3v) is 1.59. The lowest BCUT2D eigenvalue weighted by Gasteiger charge is -2.17. The minimum Gasteiger partial charge on any atom is -0.239 e. The van der Waals surface area contributed by atoms with E-state index in [9.17, 15) is 17.6 Å². The van der Waals surface area contributed by atoms with Crippen LogP contribution < -0.4 is 0 Å². The first-order chi connectivity index (χ1) is 5.04. The van der Waals surface area contributed by atoms with Crippen LogP contribution in [0.4, 0.5) is 17.6 Å². The van der Waals surface area contributed by atoms with Crippen molar-refractivity contribution in [1.82, 2.24) is 0 Å². The summed E-state index contributed by atoms with van der Waals surface area (Å²) in [5, 5.41) is 0. The number of rotatable bonds is 0. The Labute approximate surface area is 61.2 Å². The summed E-state index contributed by atoms with van der Waals surface area (Å²) in [5.41, 5.74) is 0. The van der Waals surface area contributed by atoms with Crippen LogP contribution in [0.3, 0.4) is 0 Å². The molecule has 1 aliphatic rings. The van der Waals surface area contributed by atoms with E-state index in [0.29, 0.717) is 0 Å². The normalized spacial score (nSPS) is 32.3. The van der Waals surface area contributed by atoms with E-state index in [1.54, 1.807) is 0 Å². The zero-order chi connectivity index (χ0) is 8.59. The third-order valence-electron chi connectivity index (χ3n) is 1.59. The molecule has 1 rings (SSSR count). The van der Waals surface area contributed by atoms with Crippen LogP contribution in [-0.2, 0) is 0 Å². The van der Waals surface area contributed by atoms with Gasteiger partial charge in [-0.05, 0) is 0 Å². The van der Waals surface area contributed by atoms with Gasteiger partial charge in [0.05, 0.1) is 0 Å². The van der Waals surface area contributed by atoms with Gasteiger partial charge in [0.1, 0.15) is 11.7 Å². The lowest BCUT2D eigenvalue weighted by Crippen LogP contribution is -2.18. The molecule has 11 heavy (non-hydrogen) atoms. The highest BCUT2D eigenvalue weighted by molar-refractivity contribution is 5.27. The Bertz CT molecular complexity index is 229. The smallest absolute Gasteiger partial charge is 0.160 e. The molecule has 1 aliphatic carbocycles. The largest absolute Gasteiger partial charge is 0.239 e. The highest BCUT2D eigenvalue weighted by atomic mass is 19.2. The van der Waals surface area contributed by atoms with Crippen molar-refractivity contribution in [3.8, 4) is 0 Å². The van der Waals surface area contributed by atoms with Gasteiger partial charge >= 0.3 is 0 Å². The zero-order valence-corrected chi connectivity index (χ0v) is 5.74. The molecule has 0 aromatic rings. The molecule has 0 saturated heterocycles.